The van der Waals surface area contributed by atoms with Crippen molar-refractivity contribution in [2.45, 2.75) is 65.5 Å². The Bertz CT molecular complexity index is 710. The van der Waals surface area contributed by atoms with Crippen molar-refractivity contribution in [3.05, 3.63) is 23.8 Å². The zero-order chi connectivity index (χ0) is 21.6. The summed E-state index contributed by atoms with van der Waals surface area (Å²) in [6.45, 7) is 12.2. The monoisotopic (exact) mass is 404 g/mol. The predicted molar refractivity (Wildman–Crippen MR) is 117 cm³/mol. The van der Waals surface area contributed by atoms with E-state index in [1.165, 1.54) is 0 Å². The zero-order valence-corrected chi connectivity index (χ0v) is 18.5. The molecule has 2 rings (SSSR count). The Hall–Kier alpha value is -2.44. The first-order chi connectivity index (χ1) is 13.7. The molecule has 0 saturated carbocycles. The third kappa shape index (κ3) is 6.27. The molecule has 1 atom stereocenters. The van der Waals surface area contributed by atoms with Gasteiger partial charge < -0.3 is 25.6 Å². The number of amides is 2. The van der Waals surface area contributed by atoms with Crippen LogP contribution >= 0.6 is 0 Å². The Labute approximate surface area is 174 Å². The summed E-state index contributed by atoms with van der Waals surface area (Å²) in [5, 5.41) is 3.35. The van der Waals surface area contributed by atoms with Gasteiger partial charge in [0.05, 0.1) is 17.4 Å². The van der Waals surface area contributed by atoms with E-state index in [2.05, 4.69) is 5.32 Å². The first-order valence-electron chi connectivity index (χ1n) is 10.6. The molecule has 1 saturated heterocycles. The molecule has 0 radical (unpaired) electrons. The molecule has 29 heavy (non-hydrogen) atoms. The minimum absolute atomic E-state index is 0.0170. The molecule has 0 spiro atoms. The van der Waals surface area contributed by atoms with Crippen LogP contribution in [0.5, 0.6) is 0 Å². The van der Waals surface area contributed by atoms with Crippen molar-refractivity contribution in [1.82, 2.24) is 9.80 Å². The number of carbonyl (C=O) groups excluding carboxylic acids is 2. The summed E-state index contributed by atoms with van der Waals surface area (Å²) in [6.07, 6.45) is 2.72. The summed E-state index contributed by atoms with van der Waals surface area (Å²) in [4.78, 5) is 28.6. The number of rotatable bonds is 6. The van der Waals surface area contributed by atoms with E-state index in [-0.39, 0.29) is 18.0 Å². The van der Waals surface area contributed by atoms with Gasteiger partial charge in [0, 0.05) is 31.7 Å². The number of nitrogens with one attached hydrogen (secondary N) is 1. The number of piperidine rings is 1. The lowest BCUT2D eigenvalue weighted by molar-refractivity contribution is 0.0114. The average molecular weight is 405 g/mol. The van der Waals surface area contributed by atoms with E-state index in [1.54, 1.807) is 17.0 Å². The van der Waals surface area contributed by atoms with Crippen LogP contribution < -0.4 is 11.1 Å². The summed E-state index contributed by atoms with van der Waals surface area (Å²) in [6, 6.07) is 5.41. The highest BCUT2D eigenvalue weighted by Gasteiger charge is 2.30. The smallest absolute Gasteiger partial charge is 0.410 e. The second-order valence-corrected chi connectivity index (χ2v) is 8.48. The maximum absolute atomic E-state index is 12.6. The van der Waals surface area contributed by atoms with Gasteiger partial charge in [-0.2, -0.15) is 0 Å². The minimum atomic E-state index is -0.510. The summed E-state index contributed by atoms with van der Waals surface area (Å²) in [5.74, 6) is -0.0170. The molecule has 1 unspecified atom stereocenters. The van der Waals surface area contributed by atoms with E-state index in [0.717, 1.165) is 24.9 Å². The van der Waals surface area contributed by atoms with Crippen molar-refractivity contribution in [2.24, 2.45) is 0 Å². The van der Waals surface area contributed by atoms with Crippen molar-refractivity contribution < 1.29 is 14.3 Å². The number of anilines is 2. The molecule has 1 aliphatic rings. The van der Waals surface area contributed by atoms with Crippen molar-refractivity contribution >= 4 is 23.4 Å². The number of nitrogens with zero attached hydrogens (tertiary/aromatic N) is 2. The second-order valence-electron chi connectivity index (χ2n) is 8.48. The number of hydrogen-bond acceptors (Lipinski definition) is 5. The number of benzene rings is 1. The largest absolute Gasteiger partial charge is 0.444 e. The molecule has 0 bridgehead atoms. The van der Waals surface area contributed by atoms with E-state index in [4.69, 9.17) is 10.5 Å². The van der Waals surface area contributed by atoms with Gasteiger partial charge >= 0.3 is 6.09 Å². The highest BCUT2D eigenvalue weighted by Crippen LogP contribution is 2.24. The number of ether oxygens (including phenoxy) is 1. The van der Waals surface area contributed by atoms with Gasteiger partial charge in [0.15, 0.2) is 0 Å². The Balaban J connectivity index is 2.04. The van der Waals surface area contributed by atoms with Crippen LogP contribution in [0.25, 0.3) is 0 Å². The molecule has 0 aromatic heterocycles. The summed E-state index contributed by atoms with van der Waals surface area (Å²) in [5.41, 5.74) is 7.58. The standard InChI is InChI=1S/C22H36N4O3/c1-6-25(7-2)20(27)16-11-12-19(18(23)14-16)24-15-17-10-8-9-13-26(17)21(28)29-22(3,4)5/h11-12,14,17,24H,6-10,13,15,23H2,1-5H3. The molecule has 1 aliphatic heterocycles. The Morgan fingerprint density at radius 2 is 1.93 bits per heavy atom. The lowest BCUT2D eigenvalue weighted by Crippen LogP contribution is -2.48. The predicted octanol–water partition coefficient (Wildman–Crippen LogP) is 3.95. The minimum Gasteiger partial charge on any atom is -0.444 e. The van der Waals surface area contributed by atoms with Crippen molar-refractivity contribution in [2.75, 3.05) is 37.2 Å². The van der Waals surface area contributed by atoms with Crippen LogP contribution in [0.4, 0.5) is 16.2 Å². The molecular formula is C22H36N4O3. The maximum atomic E-state index is 12.6. The van der Waals surface area contributed by atoms with E-state index >= 15 is 0 Å². The van der Waals surface area contributed by atoms with Gasteiger partial charge in [-0.25, -0.2) is 4.79 Å². The topological polar surface area (TPSA) is 87.9 Å². The van der Waals surface area contributed by atoms with E-state index < -0.39 is 5.60 Å². The van der Waals surface area contributed by atoms with Gasteiger partial charge in [0.25, 0.3) is 5.91 Å². The van der Waals surface area contributed by atoms with Gasteiger partial charge in [0.1, 0.15) is 5.60 Å². The summed E-state index contributed by atoms with van der Waals surface area (Å²) < 4.78 is 5.56. The quantitative estimate of drug-likeness (QED) is 0.701. The van der Waals surface area contributed by atoms with Gasteiger partial charge in [0.2, 0.25) is 0 Å². The SMILES string of the molecule is CCN(CC)C(=O)c1ccc(NCC2CCCCN2C(=O)OC(C)(C)C)c(N)c1. The van der Waals surface area contributed by atoms with Crippen LogP contribution in [-0.2, 0) is 4.74 Å². The normalized spacial score (nSPS) is 17.0. The molecule has 1 aromatic rings. The van der Waals surface area contributed by atoms with Crippen LogP contribution in [0.15, 0.2) is 18.2 Å². The van der Waals surface area contributed by atoms with Crippen LogP contribution in [0.3, 0.4) is 0 Å². The van der Waals surface area contributed by atoms with Gasteiger partial charge in [-0.15, -0.1) is 0 Å². The lowest BCUT2D eigenvalue weighted by atomic mass is 10.0. The van der Waals surface area contributed by atoms with Crippen molar-refractivity contribution in [3.63, 3.8) is 0 Å². The number of likely N-dealkylation sites (tertiary alicyclic amines) is 1. The molecule has 1 heterocycles. The molecule has 1 fully saturated rings. The fourth-order valence-corrected chi connectivity index (χ4v) is 3.55. The van der Waals surface area contributed by atoms with Crippen LogP contribution in [0, 0.1) is 0 Å². The highest BCUT2D eigenvalue weighted by molar-refractivity contribution is 5.96. The Morgan fingerprint density at radius 1 is 1.24 bits per heavy atom. The van der Waals surface area contributed by atoms with Crippen LogP contribution in [-0.4, -0.2) is 59.6 Å². The fraction of sp³-hybridized carbons (Fsp3) is 0.636. The summed E-state index contributed by atoms with van der Waals surface area (Å²) in [7, 11) is 0. The molecule has 7 heteroatoms. The molecular weight excluding hydrogens is 368 g/mol. The second kappa shape index (κ2) is 9.85. The van der Waals surface area contributed by atoms with E-state index in [0.29, 0.717) is 37.4 Å². The number of nitrogen functional groups attached to an aromatic ring is 1. The first kappa shape index (κ1) is 22.8. The van der Waals surface area contributed by atoms with Gasteiger partial charge in [-0.1, -0.05) is 0 Å². The number of carbonyl (C=O) groups is 2. The van der Waals surface area contributed by atoms with Crippen LogP contribution in [0.1, 0.15) is 64.2 Å². The maximum Gasteiger partial charge on any atom is 0.410 e. The van der Waals surface area contributed by atoms with Gasteiger partial charge in [-0.3, -0.25) is 4.79 Å². The number of hydrogen-bond donors (Lipinski definition) is 2. The lowest BCUT2D eigenvalue weighted by Gasteiger charge is -2.37. The summed E-state index contributed by atoms with van der Waals surface area (Å²) >= 11 is 0. The first-order valence-corrected chi connectivity index (χ1v) is 10.6. The molecule has 0 aliphatic carbocycles. The number of nitrogens with two attached hydrogens (primary N) is 1. The Morgan fingerprint density at radius 3 is 2.52 bits per heavy atom. The third-order valence-corrected chi connectivity index (χ3v) is 5.13. The average Bonchev–Trinajstić information content (AvgIpc) is 2.66. The van der Waals surface area contributed by atoms with Crippen molar-refractivity contribution in [3.8, 4) is 0 Å². The van der Waals surface area contributed by atoms with Gasteiger partial charge in [-0.05, 0) is 72.1 Å². The molecule has 2 amide bonds. The van der Waals surface area contributed by atoms with Crippen molar-refractivity contribution in [1.29, 1.82) is 0 Å². The molecule has 7 nitrogen and oxygen atoms in total. The van der Waals surface area contributed by atoms with Crippen LogP contribution in [0.2, 0.25) is 0 Å². The zero-order valence-electron chi connectivity index (χ0n) is 18.5. The molecule has 3 N–H and O–H groups in total. The molecule has 162 valence electrons. The Kier molecular flexibility index (Phi) is 7.76. The molecule has 1 aromatic carbocycles. The highest BCUT2D eigenvalue weighted by atomic mass is 16.6. The fourth-order valence-electron chi connectivity index (χ4n) is 3.55. The van der Waals surface area contributed by atoms with E-state index in [9.17, 15) is 9.59 Å². The third-order valence-electron chi connectivity index (χ3n) is 5.13. The van der Waals surface area contributed by atoms with E-state index in [1.807, 2.05) is 45.6 Å².